The molecule has 1 fully saturated rings. The molecule has 4 nitrogen and oxygen atoms in total. The molecule has 0 saturated heterocycles. The Labute approximate surface area is 111 Å². The zero-order valence-corrected chi connectivity index (χ0v) is 11.2. The van der Waals surface area contributed by atoms with Gasteiger partial charge in [-0.1, -0.05) is 18.0 Å². The first kappa shape index (κ1) is 13.0. The third-order valence-electron chi connectivity index (χ3n) is 3.21. The number of halogens is 1. The Morgan fingerprint density at radius 3 is 2.39 bits per heavy atom. The van der Waals surface area contributed by atoms with E-state index in [0.29, 0.717) is 22.2 Å². The Morgan fingerprint density at radius 2 is 1.89 bits per heavy atom. The lowest BCUT2D eigenvalue weighted by molar-refractivity contribution is -0.122. The standard InChI is InChI=1S/C13H16ClNO3/c1-17-11-6-9(14)10(7-12(11)18-2)15-13(16)8-4-3-5-8/h6-8H,3-5H2,1-2H3,(H,15,16). The maximum atomic E-state index is 11.9. The second kappa shape index (κ2) is 5.48. The SMILES string of the molecule is COc1cc(Cl)c(NC(=O)C2CCC2)cc1OC. The van der Waals surface area contributed by atoms with Gasteiger partial charge in [0.15, 0.2) is 11.5 Å². The molecule has 18 heavy (non-hydrogen) atoms. The highest BCUT2D eigenvalue weighted by atomic mass is 35.5. The summed E-state index contributed by atoms with van der Waals surface area (Å²) in [5.41, 5.74) is 0.561. The topological polar surface area (TPSA) is 47.6 Å². The van der Waals surface area contributed by atoms with Crippen LogP contribution in [0.5, 0.6) is 11.5 Å². The molecule has 1 saturated carbocycles. The van der Waals surface area contributed by atoms with Gasteiger partial charge in [-0.25, -0.2) is 0 Å². The van der Waals surface area contributed by atoms with Crippen LogP contribution in [0.3, 0.4) is 0 Å². The van der Waals surface area contributed by atoms with Crippen molar-refractivity contribution in [3.8, 4) is 11.5 Å². The first-order valence-electron chi connectivity index (χ1n) is 5.88. The summed E-state index contributed by atoms with van der Waals surface area (Å²) >= 11 is 6.10. The Bertz CT molecular complexity index is 458. The van der Waals surface area contributed by atoms with E-state index in [-0.39, 0.29) is 11.8 Å². The van der Waals surface area contributed by atoms with Crippen LogP contribution in [0.2, 0.25) is 5.02 Å². The van der Waals surface area contributed by atoms with E-state index in [0.717, 1.165) is 19.3 Å². The van der Waals surface area contributed by atoms with Gasteiger partial charge in [0.25, 0.3) is 0 Å². The normalized spacial score (nSPS) is 14.8. The molecule has 1 aromatic carbocycles. The molecule has 0 aliphatic heterocycles. The molecular weight excluding hydrogens is 254 g/mol. The lowest BCUT2D eigenvalue weighted by atomic mass is 9.85. The number of rotatable bonds is 4. The molecule has 98 valence electrons. The quantitative estimate of drug-likeness (QED) is 0.914. The highest BCUT2D eigenvalue weighted by molar-refractivity contribution is 6.34. The maximum Gasteiger partial charge on any atom is 0.227 e. The van der Waals surface area contributed by atoms with Gasteiger partial charge in [-0.2, -0.15) is 0 Å². The van der Waals surface area contributed by atoms with E-state index in [9.17, 15) is 4.79 Å². The third kappa shape index (κ3) is 2.53. The smallest absolute Gasteiger partial charge is 0.227 e. The Balaban J connectivity index is 2.18. The predicted octanol–water partition coefficient (Wildman–Crippen LogP) is 3.10. The fraction of sp³-hybridized carbons (Fsp3) is 0.462. The summed E-state index contributed by atoms with van der Waals surface area (Å²) in [6.45, 7) is 0. The zero-order chi connectivity index (χ0) is 13.1. The van der Waals surface area contributed by atoms with Crippen molar-refractivity contribution in [1.29, 1.82) is 0 Å². The number of hydrogen-bond acceptors (Lipinski definition) is 3. The largest absolute Gasteiger partial charge is 0.493 e. The minimum Gasteiger partial charge on any atom is -0.493 e. The fourth-order valence-corrected chi connectivity index (χ4v) is 2.06. The lowest BCUT2D eigenvalue weighted by Crippen LogP contribution is -2.28. The van der Waals surface area contributed by atoms with Crippen molar-refractivity contribution in [2.45, 2.75) is 19.3 Å². The van der Waals surface area contributed by atoms with Crippen LogP contribution in [0.15, 0.2) is 12.1 Å². The minimum atomic E-state index is 0.0235. The molecule has 1 aromatic rings. The van der Waals surface area contributed by atoms with Crippen LogP contribution < -0.4 is 14.8 Å². The van der Waals surface area contributed by atoms with Crippen molar-refractivity contribution in [3.05, 3.63) is 17.2 Å². The molecule has 0 aromatic heterocycles. The van der Waals surface area contributed by atoms with Crippen LogP contribution in [0.1, 0.15) is 19.3 Å². The number of methoxy groups -OCH3 is 2. The molecule has 0 unspecified atom stereocenters. The van der Waals surface area contributed by atoms with Gasteiger partial charge < -0.3 is 14.8 Å². The van der Waals surface area contributed by atoms with Gasteiger partial charge in [-0.3, -0.25) is 4.79 Å². The molecule has 2 rings (SSSR count). The molecule has 5 heteroatoms. The summed E-state index contributed by atoms with van der Waals surface area (Å²) < 4.78 is 10.3. The number of benzene rings is 1. The van der Waals surface area contributed by atoms with Gasteiger partial charge in [0.1, 0.15) is 0 Å². The summed E-state index contributed by atoms with van der Waals surface area (Å²) in [7, 11) is 3.09. The molecule has 0 bridgehead atoms. The minimum absolute atomic E-state index is 0.0235. The van der Waals surface area contributed by atoms with E-state index in [1.807, 2.05) is 0 Å². The number of nitrogens with one attached hydrogen (secondary N) is 1. The zero-order valence-electron chi connectivity index (χ0n) is 10.5. The highest BCUT2D eigenvalue weighted by Gasteiger charge is 2.26. The molecule has 1 aliphatic rings. The molecule has 0 radical (unpaired) electrons. The second-order valence-corrected chi connectivity index (χ2v) is 4.71. The Hall–Kier alpha value is -1.42. The van der Waals surface area contributed by atoms with Crippen LogP contribution in [-0.4, -0.2) is 20.1 Å². The first-order chi connectivity index (χ1) is 8.65. The summed E-state index contributed by atoms with van der Waals surface area (Å²) in [4.78, 5) is 11.9. The lowest BCUT2D eigenvalue weighted by Gasteiger charge is -2.24. The van der Waals surface area contributed by atoms with Gasteiger partial charge in [0, 0.05) is 18.1 Å². The second-order valence-electron chi connectivity index (χ2n) is 4.30. The van der Waals surface area contributed by atoms with E-state index in [4.69, 9.17) is 21.1 Å². The molecular formula is C13H16ClNO3. The van der Waals surface area contributed by atoms with E-state index < -0.39 is 0 Å². The van der Waals surface area contributed by atoms with Crippen LogP contribution >= 0.6 is 11.6 Å². The third-order valence-corrected chi connectivity index (χ3v) is 3.52. The Kier molecular flexibility index (Phi) is 3.97. The number of amides is 1. The molecule has 0 heterocycles. The Morgan fingerprint density at radius 1 is 1.28 bits per heavy atom. The summed E-state index contributed by atoms with van der Waals surface area (Å²) in [5.74, 6) is 1.24. The van der Waals surface area contributed by atoms with E-state index in [2.05, 4.69) is 5.32 Å². The molecule has 1 amide bonds. The fourth-order valence-electron chi connectivity index (χ4n) is 1.86. The van der Waals surface area contributed by atoms with Crippen molar-refractivity contribution in [3.63, 3.8) is 0 Å². The number of ether oxygens (including phenoxy) is 2. The average Bonchev–Trinajstić information content (AvgIpc) is 2.28. The van der Waals surface area contributed by atoms with Gasteiger partial charge >= 0.3 is 0 Å². The van der Waals surface area contributed by atoms with Crippen molar-refractivity contribution in [2.75, 3.05) is 19.5 Å². The van der Waals surface area contributed by atoms with Gasteiger partial charge in [-0.05, 0) is 12.8 Å². The summed E-state index contributed by atoms with van der Waals surface area (Å²) in [5, 5.41) is 3.28. The van der Waals surface area contributed by atoms with Crippen LogP contribution in [0, 0.1) is 5.92 Å². The summed E-state index contributed by atoms with van der Waals surface area (Å²) in [6.07, 6.45) is 3.03. The van der Waals surface area contributed by atoms with Crippen molar-refractivity contribution in [1.82, 2.24) is 0 Å². The maximum absolute atomic E-state index is 11.9. The number of hydrogen-bond donors (Lipinski definition) is 1. The summed E-state index contributed by atoms with van der Waals surface area (Å²) in [6, 6.07) is 3.31. The predicted molar refractivity (Wildman–Crippen MR) is 70.5 cm³/mol. The average molecular weight is 270 g/mol. The van der Waals surface area contributed by atoms with E-state index in [1.54, 1.807) is 26.4 Å². The monoisotopic (exact) mass is 269 g/mol. The highest BCUT2D eigenvalue weighted by Crippen LogP contribution is 2.37. The van der Waals surface area contributed by atoms with Gasteiger partial charge in [0.05, 0.1) is 24.9 Å². The van der Waals surface area contributed by atoms with E-state index >= 15 is 0 Å². The molecule has 0 spiro atoms. The van der Waals surface area contributed by atoms with Gasteiger partial charge in [0.2, 0.25) is 5.91 Å². The van der Waals surface area contributed by atoms with Gasteiger partial charge in [-0.15, -0.1) is 0 Å². The molecule has 0 atom stereocenters. The number of anilines is 1. The van der Waals surface area contributed by atoms with Crippen LogP contribution in [0.4, 0.5) is 5.69 Å². The molecule has 1 aliphatic carbocycles. The number of carbonyl (C=O) groups is 1. The van der Waals surface area contributed by atoms with E-state index in [1.165, 1.54) is 0 Å². The van der Waals surface area contributed by atoms with Crippen molar-refractivity contribution in [2.24, 2.45) is 5.92 Å². The van der Waals surface area contributed by atoms with Crippen LogP contribution in [0.25, 0.3) is 0 Å². The molecule has 1 N–H and O–H groups in total. The first-order valence-corrected chi connectivity index (χ1v) is 6.26. The van der Waals surface area contributed by atoms with Crippen molar-refractivity contribution < 1.29 is 14.3 Å². The van der Waals surface area contributed by atoms with Crippen LogP contribution in [-0.2, 0) is 4.79 Å². The number of carbonyl (C=O) groups excluding carboxylic acids is 1. The van der Waals surface area contributed by atoms with Crippen molar-refractivity contribution >= 4 is 23.2 Å².